The molecule has 0 bridgehead atoms. The molecule has 0 aliphatic rings. The Morgan fingerprint density at radius 2 is 1.50 bits per heavy atom. The molecule has 6 heteroatoms. The molecule has 0 saturated heterocycles. The molecule has 4 aromatic rings. The monoisotopic (exact) mass is 361 g/mol. The molecular formula is C20H15N3O2S. The summed E-state index contributed by atoms with van der Waals surface area (Å²) in [5.41, 5.74) is 4.50. The Labute approximate surface area is 156 Å². The van der Waals surface area contributed by atoms with Crippen molar-refractivity contribution < 1.29 is 9.78 Å². The van der Waals surface area contributed by atoms with E-state index in [1.54, 1.807) is 18.3 Å². The van der Waals surface area contributed by atoms with Crippen molar-refractivity contribution in [2.24, 2.45) is 0 Å². The van der Waals surface area contributed by atoms with Gasteiger partial charge < -0.3 is 4.89 Å². The third kappa shape index (κ3) is 3.37. The van der Waals surface area contributed by atoms with Gasteiger partial charge in [-0.3, -0.25) is 4.98 Å². The predicted octanol–water partition coefficient (Wildman–Crippen LogP) is 4.59. The lowest BCUT2D eigenvalue weighted by molar-refractivity contribution is -0.178. The Bertz CT molecular complexity index is 1050. The number of rotatable bonds is 4. The van der Waals surface area contributed by atoms with E-state index in [1.165, 1.54) is 7.11 Å². The molecule has 5 nitrogen and oxygen atoms in total. The molecule has 26 heavy (non-hydrogen) atoms. The van der Waals surface area contributed by atoms with Crippen LogP contribution in [0.1, 0.15) is 0 Å². The van der Waals surface area contributed by atoms with Crippen LogP contribution in [-0.2, 0) is 4.89 Å². The maximum Gasteiger partial charge on any atom is 0.165 e. The van der Waals surface area contributed by atoms with Gasteiger partial charge in [-0.2, -0.15) is 4.89 Å². The second-order valence-corrected chi connectivity index (χ2v) is 6.16. The van der Waals surface area contributed by atoms with Crippen molar-refractivity contribution in [2.75, 3.05) is 7.11 Å². The molecule has 2 aromatic carbocycles. The van der Waals surface area contributed by atoms with E-state index in [1.807, 2.05) is 48.7 Å². The number of aromatic nitrogens is 3. The summed E-state index contributed by atoms with van der Waals surface area (Å²) in [5, 5.41) is 0. The fourth-order valence-corrected chi connectivity index (χ4v) is 2.77. The molecule has 0 radical (unpaired) electrons. The highest BCUT2D eigenvalue weighted by atomic mass is 32.1. The largest absolute Gasteiger partial charge is 0.338 e. The van der Waals surface area contributed by atoms with Crippen molar-refractivity contribution in [3.8, 4) is 28.3 Å². The summed E-state index contributed by atoms with van der Waals surface area (Å²) in [6, 6.07) is 17.3. The van der Waals surface area contributed by atoms with Gasteiger partial charge in [0, 0.05) is 22.2 Å². The summed E-state index contributed by atoms with van der Waals surface area (Å²) in [7, 11) is 1.47. The summed E-state index contributed by atoms with van der Waals surface area (Å²) in [5.74, 6) is 1.25. The number of thiol groups is 1. The van der Waals surface area contributed by atoms with Crippen LogP contribution >= 0.6 is 12.6 Å². The topological polar surface area (TPSA) is 57.1 Å². The zero-order chi connectivity index (χ0) is 17.9. The Hall–Kier alpha value is -2.96. The second kappa shape index (κ2) is 7.11. The molecule has 2 heterocycles. The fraction of sp³-hybridized carbons (Fsp3) is 0.0500. The lowest BCUT2D eigenvalue weighted by Gasteiger charge is -2.06. The lowest BCUT2D eigenvalue weighted by atomic mass is 10.1. The third-order valence-corrected chi connectivity index (χ3v) is 4.22. The maximum absolute atomic E-state index is 4.98. The first-order valence-corrected chi connectivity index (χ1v) is 8.41. The van der Waals surface area contributed by atoms with E-state index in [0.29, 0.717) is 11.6 Å². The van der Waals surface area contributed by atoms with Crippen LogP contribution in [0.15, 0.2) is 71.9 Å². The second-order valence-electron chi connectivity index (χ2n) is 5.64. The van der Waals surface area contributed by atoms with E-state index >= 15 is 0 Å². The quantitative estimate of drug-likeness (QED) is 0.327. The van der Waals surface area contributed by atoms with Crippen molar-refractivity contribution in [1.29, 1.82) is 0 Å². The highest BCUT2D eigenvalue weighted by Gasteiger charge is 2.07. The smallest absolute Gasteiger partial charge is 0.165 e. The SMILES string of the molecule is COOc1ccc(-c2ncc3ncc(-c4ccc(S)cc4)cc3n2)cc1. The standard InChI is InChI=1S/C20H15N3O2S/c1-24-25-16-6-2-14(3-7-16)20-22-12-19-18(23-20)10-15(11-21-19)13-4-8-17(26)9-5-13/h2-12,26H,1H3. The van der Waals surface area contributed by atoms with Crippen molar-refractivity contribution in [3.63, 3.8) is 0 Å². The minimum Gasteiger partial charge on any atom is -0.338 e. The van der Waals surface area contributed by atoms with Crippen LogP contribution in [0.25, 0.3) is 33.5 Å². The molecule has 128 valence electrons. The van der Waals surface area contributed by atoms with Crippen molar-refractivity contribution in [3.05, 3.63) is 67.0 Å². The van der Waals surface area contributed by atoms with Gasteiger partial charge in [-0.1, -0.05) is 12.1 Å². The zero-order valence-electron chi connectivity index (χ0n) is 14.0. The Kier molecular flexibility index (Phi) is 4.51. The molecule has 0 aliphatic carbocycles. The van der Waals surface area contributed by atoms with E-state index in [0.717, 1.165) is 32.6 Å². The molecule has 2 aromatic heterocycles. The number of fused-ring (bicyclic) bond motifs is 1. The first-order chi connectivity index (χ1) is 12.7. The minimum absolute atomic E-state index is 0.619. The van der Waals surface area contributed by atoms with E-state index in [4.69, 9.17) is 4.89 Å². The summed E-state index contributed by atoms with van der Waals surface area (Å²) in [4.78, 5) is 24.1. The Balaban J connectivity index is 1.72. The van der Waals surface area contributed by atoms with Crippen molar-refractivity contribution in [2.45, 2.75) is 4.90 Å². The Morgan fingerprint density at radius 1 is 0.769 bits per heavy atom. The molecule has 0 aliphatic heterocycles. The van der Waals surface area contributed by atoms with Crippen molar-refractivity contribution >= 4 is 23.7 Å². The third-order valence-electron chi connectivity index (χ3n) is 3.93. The van der Waals surface area contributed by atoms with Crippen LogP contribution in [0.4, 0.5) is 0 Å². The average molecular weight is 361 g/mol. The van der Waals surface area contributed by atoms with Gasteiger partial charge in [0.25, 0.3) is 0 Å². The summed E-state index contributed by atoms with van der Waals surface area (Å²) in [6.45, 7) is 0. The van der Waals surface area contributed by atoms with Crippen LogP contribution in [0.2, 0.25) is 0 Å². The van der Waals surface area contributed by atoms with Gasteiger partial charge in [0.15, 0.2) is 11.6 Å². The van der Waals surface area contributed by atoms with Gasteiger partial charge in [0.05, 0.1) is 18.8 Å². The van der Waals surface area contributed by atoms with Crippen LogP contribution in [0, 0.1) is 0 Å². The van der Waals surface area contributed by atoms with Crippen LogP contribution in [0.3, 0.4) is 0 Å². The van der Waals surface area contributed by atoms with Crippen LogP contribution in [0.5, 0.6) is 5.75 Å². The van der Waals surface area contributed by atoms with Gasteiger partial charge in [0.1, 0.15) is 5.52 Å². The van der Waals surface area contributed by atoms with Crippen LogP contribution in [-0.4, -0.2) is 22.1 Å². The molecule has 0 saturated carbocycles. The summed E-state index contributed by atoms with van der Waals surface area (Å²) < 4.78 is 0. The number of nitrogens with zero attached hydrogens (tertiary/aromatic N) is 3. The molecule has 0 spiro atoms. The van der Waals surface area contributed by atoms with E-state index < -0.39 is 0 Å². The lowest BCUT2D eigenvalue weighted by Crippen LogP contribution is -1.93. The normalized spacial score (nSPS) is 10.8. The first-order valence-electron chi connectivity index (χ1n) is 7.96. The number of hydrogen-bond donors (Lipinski definition) is 1. The van der Waals surface area contributed by atoms with Crippen LogP contribution < -0.4 is 4.89 Å². The van der Waals surface area contributed by atoms with E-state index in [-0.39, 0.29) is 0 Å². The van der Waals surface area contributed by atoms with Gasteiger partial charge in [-0.15, -0.1) is 12.6 Å². The molecule has 0 unspecified atom stereocenters. The van der Waals surface area contributed by atoms with Crippen molar-refractivity contribution in [1.82, 2.24) is 15.0 Å². The van der Waals surface area contributed by atoms with E-state index in [9.17, 15) is 0 Å². The first kappa shape index (κ1) is 16.5. The van der Waals surface area contributed by atoms with Gasteiger partial charge in [-0.05, 0) is 48.0 Å². The number of pyridine rings is 1. The fourth-order valence-electron chi connectivity index (χ4n) is 2.62. The highest BCUT2D eigenvalue weighted by molar-refractivity contribution is 7.80. The Morgan fingerprint density at radius 3 is 2.23 bits per heavy atom. The number of hydrogen-bond acceptors (Lipinski definition) is 6. The van der Waals surface area contributed by atoms with E-state index in [2.05, 4.69) is 32.5 Å². The highest BCUT2D eigenvalue weighted by Crippen LogP contribution is 2.25. The molecule has 0 fully saturated rings. The number of benzene rings is 2. The average Bonchev–Trinajstić information content (AvgIpc) is 2.68. The van der Waals surface area contributed by atoms with Gasteiger partial charge in [0.2, 0.25) is 0 Å². The molecular weight excluding hydrogens is 346 g/mol. The predicted molar refractivity (Wildman–Crippen MR) is 103 cm³/mol. The molecule has 0 atom stereocenters. The maximum atomic E-state index is 4.98. The molecule has 0 N–H and O–H groups in total. The molecule has 4 rings (SSSR count). The summed E-state index contributed by atoms with van der Waals surface area (Å²) in [6.07, 6.45) is 3.56. The molecule has 0 amide bonds. The minimum atomic E-state index is 0.619. The summed E-state index contributed by atoms with van der Waals surface area (Å²) >= 11 is 4.32. The van der Waals surface area contributed by atoms with Gasteiger partial charge in [-0.25, -0.2) is 9.97 Å². The zero-order valence-corrected chi connectivity index (χ0v) is 14.9. The van der Waals surface area contributed by atoms with Gasteiger partial charge >= 0.3 is 0 Å².